The molecule has 0 bridgehead atoms. The van der Waals surface area contributed by atoms with E-state index < -0.39 is 17.7 Å². The summed E-state index contributed by atoms with van der Waals surface area (Å²) in [7, 11) is 1.58. The van der Waals surface area contributed by atoms with Crippen molar-refractivity contribution in [2.24, 2.45) is 0 Å². The number of rotatable bonds is 6. The first kappa shape index (κ1) is 23.2. The molecule has 2 amide bonds. The van der Waals surface area contributed by atoms with Crippen molar-refractivity contribution in [3.63, 3.8) is 0 Å². The van der Waals surface area contributed by atoms with Crippen LogP contribution in [0.1, 0.15) is 30.0 Å². The molecular formula is C27H22F2N4O3. The summed E-state index contributed by atoms with van der Waals surface area (Å²) < 4.78 is 38.6. The van der Waals surface area contributed by atoms with Gasteiger partial charge in [-0.2, -0.15) is 4.98 Å². The first-order chi connectivity index (χ1) is 17.4. The van der Waals surface area contributed by atoms with E-state index in [1.807, 2.05) is 24.3 Å². The molecule has 1 aromatic heterocycles. The average Bonchev–Trinajstić information content (AvgIpc) is 3.36. The lowest BCUT2D eigenvalue weighted by molar-refractivity contribution is 0.203. The summed E-state index contributed by atoms with van der Waals surface area (Å²) in [6, 6.07) is 18.1. The molecule has 5 rings (SSSR count). The van der Waals surface area contributed by atoms with Gasteiger partial charge in [0, 0.05) is 11.3 Å². The van der Waals surface area contributed by atoms with E-state index in [0.717, 1.165) is 5.56 Å². The number of halogens is 2. The van der Waals surface area contributed by atoms with Crippen LogP contribution in [0, 0.1) is 11.6 Å². The van der Waals surface area contributed by atoms with Crippen LogP contribution in [0.4, 0.5) is 13.6 Å². The van der Waals surface area contributed by atoms with Gasteiger partial charge in [-0.05, 0) is 54.4 Å². The fourth-order valence-electron chi connectivity index (χ4n) is 4.18. The number of urea groups is 1. The van der Waals surface area contributed by atoms with Gasteiger partial charge < -0.3 is 14.6 Å². The summed E-state index contributed by atoms with van der Waals surface area (Å²) in [6.07, 6.45) is 0. The number of carbonyl (C=O) groups excluding carboxylic acids is 1. The molecule has 2 heterocycles. The Kier molecular flexibility index (Phi) is 6.20. The molecule has 36 heavy (non-hydrogen) atoms. The van der Waals surface area contributed by atoms with Crippen LogP contribution in [0.25, 0.3) is 17.0 Å². The summed E-state index contributed by atoms with van der Waals surface area (Å²) in [5.41, 5.74) is 2.93. The summed E-state index contributed by atoms with van der Waals surface area (Å²) in [4.78, 5) is 19.2. The van der Waals surface area contributed by atoms with E-state index in [9.17, 15) is 13.6 Å². The van der Waals surface area contributed by atoms with Crippen LogP contribution >= 0.6 is 0 Å². The van der Waals surface area contributed by atoms with Crippen molar-refractivity contribution >= 4 is 11.6 Å². The average molecular weight is 488 g/mol. The van der Waals surface area contributed by atoms with E-state index in [1.54, 1.807) is 43.2 Å². The SMILES string of the molecule is COc1ccc(CN2C(=O)NC(c3cccc(F)c3)C(c3nc(-c4cccc(F)c4)no3)=C2C)cc1. The Bertz CT molecular complexity index is 1450. The van der Waals surface area contributed by atoms with Crippen LogP contribution in [-0.2, 0) is 6.54 Å². The molecule has 0 spiro atoms. The van der Waals surface area contributed by atoms with E-state index in [2.05, 4.69) is 15.5 Å². The highest BCUT2D eigenvalue weighted by Gasteiger charge is 2.36. The molecule has 1 unspecified atom stereocenters. The first-order valence-corrected chi connectivity index (χ1v) is 11.2. The second-order valence-corrected chi connectivity index (χ2v) is 8.30. The first-order valence-electron chi connectivity index (χ1n) is 11.2. The minimum Gasteiger partial charge on any atom is -0.497 e. The summed E-state index contributed by atoms with van der Waals surface area (Å²) >= 11 is 0. The monoisotopic (exact) mass is 488 g/mol. The highest BCUT2D eigenvalue weighted by molar-refractivity contribution is 5.86. The van der Waals surface area contributed by atoms with Gasteiger partial charge in [-0.15, -0.1) is 0 Å². The smallest absolute Gasteiger partial charge is 0.322 e. The standard InChI is InChI=1S/C27H22F2N4O3/c1-16-23(26-31-25(32-36-26)19-6-4-8-21(29)14-19)24(18-5-3-7-20(28)13-18)30-27(34)33(16)15-17-9-11-22(35-2)12-10-17/h3-14,24H,15H2,1-2H3,(H,30,34). The van der Waals surface area contributed by atoms with Crippen molar-refractivity contribution in [2.75, 3.05) is 7.11 Å². The maximum Gasteiger partial charge on any atom is 0.322 e. The number of nitrogens with zero attached hydrogens (tertiary/aromatic N) is 3. The number of aromatic nitrogens is 2. The third-order valence-electron chi connectivity index (χ3n) is 6.02. The number of ether oxygens (including phenoxy) is 1. The van der Waals surface area contributed by atoms with E-state index in [1.165, 1.54) is 24.3 Å². The van der Waals surface area contributed by atoms with E-state index in [-0.39, 0.29) is 24.3 Å². The van der Waals surface area contributed by atoms with Gasteiger partial charge in [0.25, 0.3) is 5.89 Å². The van der Waals surface area contributed by atoms with E-state index >= 15 is 0 Å². The molecule has 4 aromatic rings. The van der Waals surface area contributed by atoms with E-state index in [0.29, 0.717) is 28.1 Å². The number of nitrogens with one attached hydrogen (secondary N) is 1. The molecule has 7 nitrogen and oxygen atoms in total. The largest absolute Gasteiger partial charge is 0.497 e. The Morgan fingerprint density at radius 1 is 1.03 bits per heavy atom. The highest BCUT2D eigenvalue weighted by atomic mass is 19.1. The number of allylic oxidation sites excluding steroid dienone is 1. The summed E-state index contributed by atoms with van der Waals surface area (Å²) in [6.45, 7) is 2.04. The molecule has 182 valence electrons. The van der Waals surface area contributed by atoms with E-state index in [4.69, 9.17) is 9.26 Å². The predicted molar refractivity (Wildman–Crippen MR) is 128 cm³/mol. The van der Waals surface area contributed by atoms with Crippen LogP contribution in [-0.4, -0.2) is 28.2 Å². The third-order valence-corrected chi connectivity index (χ3v) is 6.02. The number of hydrogen-bond donors (Lipinski definition) is 1. The van der Waals surface area contributed by atoms with Crippen LogP contribution in [0.5, 0.6) is 5.75 Å². The van der Waals surface area contributed by atoms with Crippen molar-refractivity contribution < 1.29 is 22.8 Å². The van der Waals surface area contributed by atoms with Crippen molar-refractivity contribution in [3.05, 3.63) is 107 Å². The Morgan fingerprint density at radius 3 is 2.44 bits per heavy atom. The number of benzene rings is 3. The zero-order valence-electron chi connectivity index (χ0n) is 19.5. The molecule has 1 atom stereocenters. The minimum absolute atomic E-state index is 0.140. The summed E-state index contributed by atoms with van der Waals surface area (Å²) in [5.74, 6) is 0.173. The molecule has 0 aliphatic carbocycles. The Morgan fingerprint density at radius 2 is 1.75 bits per heavy atom. The van der Waals surface area contributed by atoms with Crippen LogP contribution in [0.15, 0.2) is 83.0 Å². The number of methoxy groups -OCH3 is 1. The maximum absolute atomic E-state index is 14.1. The third kappa shape index (κ3) is 4.55. The number of carbonyl (C=O) groups is 1. The van der Waals surface area contributed by atoms with Crippen molar-refractivity contribution in [2.45, 2.75) is 19.5 Å². The van der Waals surface area contributed by atoms with Crippen LogP contribution < -0.4 is 10.1 Å². The van der Waals surface area contributed by atoms with Gasteiger partial charge in [-0.3, -0.25) is 4.90 Å². The molecule has 1 aliphatic heterocycles. The van der Waals surface area contributed by atoms with Gasteiger partial charge >= 0.3 is 6.03 Å². The van der Waals surface area contributed by atoms with Gasteiger partial charge in [-0.25, -0.2) is 13.6 Å². The molecule has 0 saturated heterocycles. The molecule has 3 aromatic carbocycles. The minimum atomic E-state index is -0.735. The van der Waals surface area contributed by atoms with Crippen LogP contribution in [0.2, 0.25) is 0 Å². The Labute approximate surface area is 206 Å². The van der Waals surface area contributed by atoms with Gasteiger partial charge in [-0.1, -0.05) is 41.6 Å². The van der Waals surface area contributed by atoms with Gasteiger partial charge in [0.15, 0.2) is 0 Å². The molecule has 1 aliphatic rings. The molecule has 0 saturated carbocycles. The fourth-order valence-corrected chi connectivity index (χ4v) is 4.18. The van der Waals surface area contributed by atoms with Gasteiger partial charge in [0.05, 0.1) is 25.3 Å². The van der Waals surface area contributed by atoms with Gasteiger partial charge in [0.1, 0.15) is 17.4 Å². The lowest BCUT2D eigenvalue weighted by Gasteiger charge is -2.35. The maximum atomic E-state index is 14.1. The van der Waals surface area contributed by atoms with Crippen molar-refractivity contribution in [1.29, 1.82) is 0 Å². The molecular weight excluding hydrogens is 466 g/mol. The lowest BCUT2D eigenvalue weighted by Crippen LogP contribution is -2.45. The van der Waals surface area contributed by atoms with Crippen molar-refractivity contribution in [1.82, 2.24) is 20.4 Å². The Hall–Kier alpha value is -4.53. The summed E-state index contributed by atoms with van der Waals surface area (Å²) in [5, 5.41) is 6.96. The zero-order valence-corrected chi connectivity index (χ0v) is 19.5. The highest BCUT2D eigenvalue weighted by Crippen LogP contribution is 2.38. The normalized spacial score (nSPS) is 15.7. The topological polar surface area (TPSA) is 80.5 Å². The molecule has 1 N–H and O–H groups in total. The second-order valence-electron chi connectivity index (χ2n) is 8.30. The van der Waals surface area contributed by atoms with Gasteiger partial charge in [0.2, 0.25) is 5.82 Å². The fraction of sp³-hybridized carbons (Fsp3) is 0.148. The molecule has 9 heteroatoms. The second kappa shape index (κ2) is 9.61. The Balaban J connectivity index is 1.58. The number of hydrogen-bond acceptors (Lipinski definition) is 5. The zero-order chi connectivity index (χ0) is 25.2. The van der Waals surface area contributed by atoms with Crippen molar-refractivity contribution in [3.8, 4) is 17.1 Å². The predicted octanol–water partition coefficient (Wildman–Crippen LogP) is 5.72. The quantitative estimate of drug-likeness (QED) is 0.375. The lowest BCUT2D eigenvalue weighted by atomic mass is 9.94. The molecule has 0 fully saturated rings. The number of amides is 2. The van der Waals surface area contributed by atoms with Crippen LogP contribution in [0.3, 0.4) is 0 Å². The molecule has 0 radical (unpaired) electrons.